The monoisotopic (exact) mass is 433 g/mol. The fourth-order valence-electron chi connectivity index (χ4n) is 7.69. The second-order valence-electron chi connectivity index (χ2n) is 10.7. The van der Waals surface area contributed by atoms with Crippen LogP contribution in [0.5, 0.6) is 0 Å². The highest BCUT2D eigenvalue weighted by molar-refractivity contribution is 6.32. The van der Waals surface area contributed by atoms with Crippen molar-refractivity contribution in [2.24, 2.45) is 17.3 Å². The number of aliphatic carboxylic acids is 1. The first-order valence-corrected chi connectivity index (χ1v) is 12.0. The van der Waals surface area contributed by atoms with E-state index in [9.17, 15) is 14.7 Å². The number of nitrogens with one attached hydrogen (secondary N) is 1. The Morgan fingerprint density at radius 1 is 1.17 bits per heavy atom. The summed E-state index contributed by atoms with van der Waals surface area (Å²) in [5, 5.41) is 17.9. The molecule has 2 atom stereocenters. The largest absolute Gasteiger partial charge is 0.481 e. The molecule has 6 nitrogen and oxygen atoms in total. The van der Waals surface area contributed by atoms with Crippen LogP contribution in [0.15, 0.2) is 11.0 Å². The number of rotatable bonds is 5. The molecule has 5 aliphatic carbocycles. The van der Waals surface area contributed by atoms with Crippen LogP contribution in [0.4, 0.5) is 5.69 Å². The summed E-state index contributed by atoms with van der Waals surface area (Å²) < 4.78 is 1.64. The summed E-state index contributed by atoms with van der Waals surface area (Å²) in [7, 11) is 0. The van der Waals surface area contributed by atoms with E-state index in [-0.39, 0.29) is 28.0 Å². The maximum atomic E-state index is 13.4. The van der Waals surface area contributed by atoms with E-state index in [1.165, 1.54) is 25.7 Å². The van der Waals surface area contributed by atoms with Gasteiger partial charge in [-0.15, -0.1) is 0 Å². The third kappa shape index (κ3) is 3.55. The van der Waals surface area contributed by atoms with Crippen molar-refractivity contribution in [2.45, 2.75) is 95.1 Å². The number of halogens is 1. The normalized spacial score (nSPS) is 35.9. The van der Waals surface area contributed by atoms with Crippen LogP contribution >= 0.6 is 11.6 Å². The number of anilines is 1. The Bertz CT molecular complexity index is 876. The van der Waals surface area contributed by atoms with Crippen molar-refractivity contribution in [1.82, 2.24) is 9.78 Å². The molecule has 7 heteroatoms. The molecule has 1 heterocycles. The Labute approximate surface area is 182 Å². The van der Waals surface area contributed by atoms with Crippen LogP contribution in [-0.4, -0.2) is 26.9 Å². The van der Waals surface area contributed by atoms with E-state index in [4.69, 9.17) is 11.6 Å². The minimum Gasteiger partial charge on any atom is -0.481 e. The first-order valence-electron chi connectivity index (χ1n) is 11.6. The van der Waals surface area contributed by atoms with Crippen molar-refractivity contribution in [2.75, 3.05) is 5.32 Å². The molecule has 0 radical (unpaired) electrons. The molecule has 6 rings (SSSR count). The van der Waals surface area contributed by atoms with Crippen LogP contribution in [0.25, 0.3) is 0 Å². The van der Waals surface area contributed by atoms with E-state index in [0.29, 0.717) is 23.6 Å². The molecule has 2 unspecified atom stereocenters. The fraction of sp³-hybridized carbons (Fsp3) is 0.783. The molecule has 4 bridgehead atoms. The molecule has 0 aromatic carbocycles. The Balaban J connectivity index is 1.45. The molecular weight excluding hydrogens is 402 g/mol. The summed E-state index contributed by atoms with van der Waals surface area (Å²) in [6, 6.07) is 0.348. The van der Waals surface area contributed by atoms with E-state index in [0.717, 1.165) is 51.4 Å². The van der Waals surface area contributed by atoms with Crippen molar-refractivity contribution >= 4 is 23.3 Å². The van der Waals surface area contributed by atoms with Gasteiger partial charge in [0.2, 0.25) is 0 Å². The lowest BCUT2D eigenvalue weighted by atomic mass is 9.46. The third-order valence-electron chi connectivity index (χ3n) is 8.26. The zero-order valence-electron chi connectivity index (χ0n) is 17.5. The van der Waals surface area contributed by atoms with Crippen molar-refractivity contribution in [1.29, 1.82) is 0 Å². The number of carboxylic acids is 1. The molecule has 1 aromatic heterocycles. The van der Waals surface area contributed by atoms with Crippen LogP contribution in [0.2, 0.25) is 5.02 Å². The number of hydrogen-bond acceptors (Lipinski definition) is 4. The maximum absolute atomic E-state index is 13.4. The smallest absolute Gasteiger partial charge is 0.303 e. The SMILES string of the molecule is O=C(O)CC12CC3CC(C1)CC(n1ncc(NC4CCCCCC4)c(Cl)c1=O)(C3)C2. The molecule has 30 heavy (non-hydrogen) atoms. The van der Waals surface area contributed by atoms with Gasteiger partial charge >= 0.3 is 5.97 Å². The quantitative estimate of drug-likeness (QED) is 0.651. The average molecular weight is 434 g/mol. The van der Waals surface area contributed by atoms with Gasteiger partial charge in [-0.2, -0.15) is 5.10 Å². The molecule has 5 aliphatic rings. The van der Waals surface area contributed by atoms with Crippen molar-refractivity contribution in [3.8, 4) is 0 Å². The lowest BCUT2D eigenvalue weighted by molar-refractivity contribution is -0.151. The molecule has 0 spiro atoms. The molecule has 0 amide bonds. The van der Waals surface area contributed by atoms with Gasteiger partial charge in [-0.25, -0.2) is 4.68 Å². The predicted molar refractivity (Wildman–Crippen MR) is 116 cm³/mol. The van der Waals surface area contributed by atoms with E-state index in [2.05, 4.69) is 10.4 Å². The Kier molecular flexibility index (Phi) is 5.11. The van der Waals surface area contributed by atoms with Crippen molar-refractivity contribution in [3.05, 3.63) is 21.6 Å². The van der Waals surface area contributed by atoms with E-state index < -0.39 is 5.97 Å². The second kappa shape index (κ2) is 7.54. The lowest BCUT2D eigenvalue weighted by Gasteiger charge is -2.61. The standard InChI is InChI=1S/C23H32ClN3O3/c24-20-18(26-17-5-3-1-2-4-6-17)13-25-27(21(20)30)23-10-15-7-16(11-23)9-22(8-15,14-23)12-19(28)29/h13,15-17,26H,1-12,14H2,(H,28,29). The van der Waals surface area contributed by atoms with Gasteiger partial charge in [-0.3, -0.25) is 9.59 Å². The highest BCUT2D eigenvalue weighted by atomic mass is 35.5. The first-order chi connectivity index (χ1) is 14.4. The van der Waals surface area contributed by atoms with Crippen LogP contribution in [-0.2, 0) is 10.3 Å². The number of nitrogens with zero attached hydrogens (tertiary/aromatic N) is 2. The topological polar surface area (TPSA) is 84.2 Å². The van der Waals surface area contributed by atoms with Crippen LogP contribution in [0.1, 0.15) is 83.5 Å². The zero-order chi connectivity index (χ0) is 20.9. The summed E-state index contributed by atoms with van der Waals surface area (Å²) in [6.45, 7) is 0. The summed E-state index contributed by atoms with van der Waals surface area (Å²) in [5.41, 5.74) is -0.139. The number of carboxylic acid groups (broad SMARTS) is 1. The van der Waals surface area contributed by atoms with Gasteiger partial charge in [0, 0.05) is 6.04 Å². The summed E-state index contributed by atoms with van der Waals surface area (Å²) in [6.07, 6.45) is 14.8. The zero-order valence-corrected chi connectivity index (χ0v) is 18.3. The van der Waals surface area contributed by atoms with Gasteiger partial charge in [0.15, 0.2) is 0 Å². The lowest BCUT2D eigenvalue weighted by Crippen LogP contribution is -2.59. The molecule has 2 N–H and O–H groups in total. The van der Waals surface area contributed by atoms with Crippen LogP contribution < -0.4 is 10.9 Å². The predicted octanol–water partition coefficient (Wildman–Crippen LogP) is 4.80. The van der Waals surface area contributed by atoms with E-state index in [1.54, 1.807) is 10.9 Å². The summed E-state index contributed by atoms with van der Waals surface area (Å²) >= 11 is 6.59. The van der Waals surface area contributed by atoms with Gasteiger partial charge in [-0.1, -0.05) is 37.3 Å². The molecular formula is C23H32ClN3O3. The van der Waals surface area contributed by atoms with Crippen LogP contribution in [0, 0.1) is 17.3 Å². The highest BCUT2D eigenvalue weighted by Crippen LogP contribution is 2.65. The molecule has 5 fully saturated rings. The summed E-state index contributed by atoms with van der Waals surface area (Å²) in [5.74, 6) is 0.247. The minimum atomic E-state index is -0.728. The highest BCUT2D eigenvalue weighted by Gasteiger charge is 2.59. The number of aromatic nitrogens is 2. The Morgan fingerprint density at radius 3 is 2.47 bits per heavy atom. The fourth-order valence-corrected chi connectivity index (χ4v) is 7.88. The Morgan fingerprint density at radius 2 is 1.83 bits per heavy atom. The van der Waals surface area contributed by atoms with Gasteiger partial charge in [-0.05, 0) is 68.6 Å². The average Bonchev–Trinajstić information content (AvgIpc) is 2.92. The molecule has 0 saturated heterocycles. The van der Waals surface area contributed by atoms with Gasteiger partial charge in [0.05, 0.1) is 23.8 Å². The minimum absolute atomic E-state index is 0.194. The summed E-state index contributed by atoms with van der Waals surface area (Å²) in [4.78, 5) is 24.9. The number of carbonyl (C=O) groups is 1. The van der Waals surface area contributed by atoms with E-state index >= 15 is 0 Å². The van der Waals surface area contributed by atoms with Gasteiger partial charge < -0.3 is 10.4 Å². The van der Waals surface area contributed by atoms with Crippen molar-refractivity contribution < 1.29 is 9.90 Å². The molecule has 5 saturated carbocycles. The Hall–Kier alpha value is -1.56. The van der Waals surface area contributed by atoms with Crippen molar-refractivity contribution in [3.63, 3.8) is 0 Å². The van der Waals surface area contributed by atoms with Gasteiger partial charge in [0.1, 0.15) is 5.02 Å². The maximum Gasteiger partial charge on any atom is 0.303 e. The number of hydrogen-bond donors (Lipinski definition) is 2. The molecule has 1 aromatic rings. The van der Waals surface area contributed by atoms with Crippen LogP contribution in [0.3, 0.4) is 0 Å². The van der Waals surface area contributed by atoms with E-state index in [1.807, 2.05) is 0 Å². The second-order valence-corrected chi connectivity index (χ2v) is 11.1. The third-order valence-corrected chi connectivity index (χ3v) is 8.63. The van der Waals surface area contributed by atoms with Gasteiger partial charge in [0.25, 0.3) is 5.56 Å². The molecule has 164 valence electrons. The molecule has 0 aliphatic heterocycles. The first kappa shape index (κ1) is 20.3.